The predicted molar refractivity (Wildman–Crippen MR) is 127 cm³/mol. The van der Waals surface area contributed by atoms with E-state index < -0.39 is 10.0 Å². The van der Waals surface area contributed by atoms with E-state index in [0.717, 1.165) is 23.3 Å². The first kappa shape index (κ1) is 24.3. The number of hydrogen-bond acceptors (Lipinski definition) is 4. The van der Waals surface area contributed by atoms with Crippen molar-refractivity contribution in [2.75, 3.05) is 18.8 Å². The molecule has 2 aromatic rings. The minimum absolute atomic E-state index is 0.0858. The van der Waals surface area contributed by atoms with Gasteiger partial charge in [-0.25, -0.2) is 12.7 Å². The fourth-order valence-corrected chi connectivity index (χ4v) is 5.56. The van der Waals surface area contributed by atoms with Crippen molar-refractivity contribution in [3.63, 3.8) is 0 Å². The van der Waals surface area contributed by atoms with Gasteiger partial charge < -0.3 is 10.1 Å². The molecule has 1 heterocycles. The van der Waals surface area contributed by atoms with E-state index in [2.05, 4.69) is 5.32 Å². The number of ether oxygens (including phenoxy) is 1. The second-order valence-electron chi connectivity index (χ2n) is 8.63. The summed E-state index contributed by atoms with van der Waals surface area (Å²) in [4.78, 5) is 12.7. The van der Waals surface area contributed by atoms with Crippen LogP contribution in [-0.4, -0.2) is 43.6 Å². The second kappa shape index (κ2) is 11.5. The minimum atomic E-state index is -3.37. The van der Waals surface area contributed by atoms with Crippen LogP contribution >= 0.6 is 0 Å². The maximum absolute atomic E-state index is 12.8. The highest BCUT2D eigenvalue weighted by Crippen LogP contribution is 2.21. The highest BCUT2D eigenvalue weighted by molar-refractivity contribution is 7.89. The monoisotopic (exact) mass is 458 g/mol. The molecule has 3 rings (SSSR count). The summed E-state index contributed by atoms with van der Waals surface area (Å²) in [7, 11) is -3.37. The van der Waals surface area contributed by atoms with Gasteiger partial charge in [-0.1, -0.05) is 42.5 Å². The number of sulfonamides is 1. The molecule has 0 aromatic heterocycles. The average Bonchev–Trinajstić information content (AvgIpc) is 2.78. The number of hydrogen-bond donors (Lipinski definition) is 1. The summed E-state index contributed by atoms with van der Waals surface area (Å²) in [5, 5.41) is 2.97. The Morgan fingerprint density at radius 2 is 1.88 bits per heavy atom. The number of amides is 1. The molecule has 0 radical (unpaired) electrons. The third-order valence-corrected chi connectivity index (χ3v) is 7.52. The Bertz CT molecular complexity index is 976. The first-order valence-electron chi connectivity index (χ1n) is 11.4. The third kappa shape index (κ3) is 7.35. The quantitative estimate of drug-likeness (QED) is 0.588. The molecule has 2 aromatic carbocycles. The van der Waals surface area contributed by atoms with Crippen LogP contribution in [0.15, 0.2) is 54.6 Å². The van der Waals surface area contributed by atoms with Crippen molar-refractivity contribution < 1.29 is 17.9 Å². The molecule has 1 aliphatic rings. The summed E-state index contributed by atoms with van der Waals surface area (Å²) in [6, 6.07) is 17.6. The Hall–Kier alpha value is -2.38. The molecule has 6 nitrogen and oxygen atoms in total. The van der Waals surface area contributed by atoms with Gasteiger partial charge in [0.2, 0.25) is 15.9 Å². The highest BCUT2D eigenvalue weighted by Gasteiger charge is 2.31. The Kier molecular flexibility index (Phi) is 8.70. The zero-order valence-corrected chi connectivity index (χ0v) is 19.8. The molecule has 0 spiro atoms. The largest absolute Gasteiger partial charge is 0.491 e. The van der Waals surface area contributed by atoms with E-state index in [9.17, 15) is 13.2 Å². The van der Waals surface area contributed by atoms with Crippen molar-refractivity contribution in [3.8, 4) is 5.75 Å². The second-order valence-corrected chi connectivity index (χ2v) is 10.7. The van der Waals surface area contributed by atoms with Crippen molar-refractivity contribution in [1.29, 1.82) is 0 Å². The number of aryl methyl sites for hydroxylation is 1. The van der Waals surface area contributed by atoms with Crippen LogP contribution in [0, 0.1) is 5.92 Å². The zero-order valence-electron chi connectivity index (χ0n) is 19.0. The van der Waals surface area contributed by atoms with Gasteiger partial charge in [-0.15, -0.1) is 0 Å². The predicted octanol–water partition coefficient (Wildman–Crippen LogP) is 3.76. The van der Waals surface area contributed by atoms with Crippen molar-refractivity contribution in [3.05, 3.63) is 65.7 Å². The van der Waals surface area contributed by atoms with Gasteiger partial charge in [0.05, 0.1) is 17.8 Å². The molecular formula is C25H34N2O4S. The van der Waals surface area contributed by atoms with E-state index in [4.69, 9.17) is 4.74 Å². The lowest BCUT2D eigenvalue weighted by Gasteiger charge is -2.31. The summed E-state index contributed by atoms with van der Waals surface area (Å²) in [5.74, 6) is 0.475. The molecule has 32 heavy (non-hydrogen) atoms. The minimum Gasteiger partial charge on any atom is -0.491 e. The number of piperidine rings is 1. The topological polar surface area (TPSA) is 75.7 Å². The van der Waals surface area contributed by atoms with Crippen molar-refractivity contribution in [2.45, 2.75) is 52.2 Å². The molecule has 1 amide bonds. The molecule has 7 heteroatoms. The van der Waals surface area contributed by atoms with Gasteiger partial charge in [0.15, 0.2) is 0 Å². The van der Waals surface area contributed by atoms with Crippen LogP contribution in [0.25, 0.3) is 0 Å². The van der Waals surface area contributed by atoms with Crippen molar-refractivity contribution in [2.24, 2.45) is 5.92 Å². The average molecular weight is 459 g/mol. The Morgan fingerprint density at radius 1 is 1.12 bits per heavy atom. The maximum atomic E-state index is 12.8. The van der Waals surface area contributed by atoms with E-state index in [1.54, 1.807) is 0 Å². The van der Waals surface area contributed by atoms with Crippen LogP contribution in [0.1, 0.15) is 44.2 Å². The van der Waals surface area contributed by atoms with E-state index in [1.165, 1.54) is 4.31 Å². The zero-order chi connectivity index (χ0) is 23.0. The number of carbonyl (C=O) groups is 1. The Labute approximate surface area is 192 Å². The molecule has 1 atom stereocenters. The van der Waals surface area contributed by atoms with Crippen LogP contribution in [0.2, 0.25) is 0 Å². The summed E-state index contributed by atoms with van der Waals surface area (Å²) in [5.41, 5.74) is 2.10. The molecule has 0 unspecified atom stereocenters. The molecule has 1 N–H and O–H groups in total. The third-order valence-electron chi connectivity index (χ3n) is 5.60. The lowest BCUT2D eigenvalue weighted by Crippen LogP contribution is -2.46. The van der Waals surface area contributed by atoms with Crippen LogP contribution < -0.4 is 10.1 Å². The van der Waals surface area contributed by atoms with Gasteiger partial charge in [-0.3, -0.25) is 4.79 Å². The van der Waals surface area contributed by atoms with Crippen molar-refractivity contribution in [1.82, 2.24) is 9.62 Å². The number of nitrogens with zero attached hydrogens (tertiary/aromatic N) is 1. The van der Waals surface area contributed by atoms with E-state index in [0.29, 0.717) is 32.4 Å². The summed E-state index contributed by atoms with van der Waals surface area (Å²) >= 11 is 0. The lowest BCUT2D eigenvalue weighted by atomic mass is 9.99. The number of rotatable bonds is 10. The highest BCUT2D eigenvalue weighted by atomic mass is 32.2. The smallest absolute Gasteiger partial charge is 0.224 e. The summed E-state index contributed by atoms with van der Waals surface area (Å²) in [6.07, 6.45) is 2.81. The van der Waals surface area contributed by atoms with Crippen LogP contribution in [0.4, 0.5) is 0 Å². The van der Waals surface area contributed by atoms with E-state index in [1.807, 2.05) is 68.4 Å². The van der Waals surface area contributed by atoms with Gasteiger partial charge in [0.25, 0.3) is 0 Å². The molecular weight excluding hydrogens is 424 g/mol. The van der Waals surface area contributed by atoms with Crippen LogP contribution in [0.3, 0.4) is 0 Å². The van der Waals surface area contributed by atoms with Gasteiger partial charge in [0, 0.05) is 19.6 Å². The Morgan fingerprint density at radius 3 is 2.62 bits per heavy atom. The molecule has 0 aliphatic carbocycles. The van der Waals surface area contributed by atoms with Crippen molar-refractivity contribution >= 4 is 15.9 Å². The fourth-order valence-electron chi connectivity index (χ4n) is 3.98. The first-order chi connectivity index (χ1) is 15.3. The lowest BCUT2D eigenvalue weighted by molar-refractivity contribution is -0.126. The molecule has 1 aliphatic heterocycles. The maximum Gasteiger partial charge on any atom is 0.224 e. The van der Waals surface area contributed by atoms with Gasteiger partial charge in [0.1, 0.15) is 5.75 Å². The van der Waals surface area contributed by atoms with Gasteiger partial charge in [-0.2, -0.15) is 0 Å². The van der Waals surface area contributed by atoms with Gasteiger partial charge >= 0.3 is 0 Å². The molecule has 1 fully saturated rings. The normalized spacial score (nSPS) is 17.3. The molecule has 1 saturated heterocycles. The molecule has 0 bridgehead atoms. The summed E-state index contributed by atoms with van der Waals surface area (Å²) in [6.45, 7) is 5.09. The number of nitrogens with one attached hydrogen (secondary N) is 1. The van der Waals surface area contributed by atoms with Gasteiger partial charge in [-0.05, 0) is 62.8 Å². The SMILES string of the molecule is CC(C)Oc1cccc(CNC(=O)[C@H]2CCCN(S(=O)(=O)CCCc3ccccc3)C2)c1. The fraction of sp³-hybridized carbons (Fsp3) is 0.480. The van der Waals surface area contributed by atoms with Crippen LogP contribution in [-0.2, 0) is 27.8 Å². The number of benzene rings is 2. The van der Waals surface area contributed by atoms with Crippen LogP contribution in [0.5, 0.6) is 5.75 Å². The number of carbonyl (C=O) groups excluding carboxylic acids is 1. The van der Waals surface area contributed by atoms with E-state index in [-0.39, 0.29) is 30.2 Å². The van der Waals surface area contributed by atoms with E-state index >= 15 is 0 Å². The molecule has 174 valence electrons. The Balaban J connectivity index is 1.49. The summed E-state index contributed by atoms with van der Waals surface area (Å²) < 4.78 is 32.9. The first-order valence-corrected chi connectivity index (χ1v) is 13.0. The standard InChI is InChI=1S/C25H34N2O4S/c1-20(2)31-24-14-6-11-22(17-24)18-26-25(28)23-13-7-15-27(19-23)32(29,30)16-8-12-21-9-4-3-5-10-21/h3-6,9-11,14,17,20,23H,7-8,12-13,15-16,18-19H2,1-2H3,(H,26,28)/t23-/m0/s1. The molecule has 0 saturated carbocycles.